The largest absolute Gasteiger partial charge is 0.482 e. The molecule has 0 spiro atoms. The molecule has 4 rings (SSSR count). The molecule has 1 aliphatic rings. The van der Waals surface area contributed by atoms with Gasteiger partial charge in [0.1, 0.15) is 12.3 Å². The van der Waals surface area contributed by atoms with Crippen LogP contribution in [0, 0.1) is 17.6 Å². The Morgan fingerprint density at radius 1 is 1.22 bits per heavy atom. The van der Waals surface area contributed by atoms with Crippen LogP contribution in [0.4, 0.5) is 8.78 Å². The number of aliphatic carboxylic acids is 1. The van der Waals surface area contributed by atoms with Crippen molar-refractivity contribution < 1.29 is 23.4 Å². The van der Waals surface area contributed by atoms with Gasteiger partial charge in [-0.3, -0.25) is 4.79 Å². The summed E-state index contributed by atoms with van der Waals surface area (Å²) in [5.74, 6) is -4.06. The molecule has 0 bridgehead atoms. The number of aromatic nitrogens is 2. The Bertz CT molecular complexity index is 971. The summed E-state index contributed by atoms with van der Waals surface area (Å²) in [5, 5.41) is 13.0. The van der Waals surface area contributed by atoms with Gasteiger partial charge in [-0.1, -0.05) is 34.8 Å². The van der Waals surface area contributed by atoms with Crippen LogP contribution in [0.3, 0.4) is 0 Å². The third kappa shape index (κ3) is 3.52. The summed E-state index contributed by atoms with van der Waals surface area (Å²) < 4.78 is 37.9. The number of carboxylic acids is 1. The quantitative estimate of drug-likeness (QED) is 0.683. The van der Waals surface area contributed by atoms with Gasteiger partial charge in [-0.15, -0.1) is 5.10 Å². The molecule has 27 heavy (non-hydrogen) atoms. The van der Waals surface area contributed by atoms with Crippen molar-refractivity contribution in [2.24, 2.45) is 5.92 Å². The lowest BCUT2D eigenvalue weighted by Gasteiger charge is -2.10. The first-order valence-corrected chi connectivity index (χ1v) is 9.03. The number of ether oxygens (including phenoxy) is 1. The molecular formula is C19H14F2N2O3S. The minimum Gasteiger partial charge on any atom is -0.482 e. The average Bonchev–Trinajstić information content (AvgIpc) is 3.33. The summed E-state index contributed by atoms with van der Waals surface area (Å²) in [6, 6.07) is 11.6. The van der Waals surface area contributed by atoms with E-state index in [0.717, 1.165) is 29.2 Å². The first kappa shape index (κ1) is 17.5. The van der Waals surface area contributed by atoms with E-state index in [1.807, 2.05) is 30.3 Å². The van der Waals surface area contributed by atoms with Crippen molar-refractivity contribution >= 4 is 17.5 Å². The van der Waals surface area contributed by atoms with Crippen LogP contribution in [0.15, 0.2) is 42.5 Å². The smallest absolute Gasteiger partial charge is 0.307 e. The van der Waals surface area contributed by atoms with Crippen molar-refractivity contribution in [2.45, 2.75) is 18.9 Å². The monoisotopic (exact) mass is 388 g/mol. The van der Waals surface area contributed by atoms with Gasteiger partial charge in [0.2, 0.25) is 0 Å². The summed E-state index contributed by atoms with van der Waals surface area (Å²) >= 11 is 1.10. The molecule has 0 radical (unpaired) electrons. The van der Waals surface area contributed by atoms with Crippen LogP contribution in [-0.4, -0.2) is 20.7 Å². The third-order valence-corrected chi connectivity index (χ3v) is 5.20. The van der Waals surface area contributed by atoms with Crippen LogP contribution in [0.5, 0.6) is 5.75 Å². The van der Waals surface area contributed by atoms with Gasteiger partial charge in [0.05, 0.1) is 10.8 Å². The SMILES string of the molecule is O=C(O)C1CC1c1cc(F)c(OCc2snnc2-c2ccccc2)c(F)c1. The highest BCUT2D eigenvalue weighted by atomic mass is 32.1. The van der Waals surface area contributed by atoms with E-state index in [9.17, 15) is 13.6 Å². The molecule has 8 heteroatoms. The van der Waals surface area contributed by atoms with E-state index in [-0.39, 0.29) is 12.5 Å². The Labute approximate surface area is 157 Å². The first-order chi connectivity index (χ1) is 13.0. The minimum absolute atomic E-state index is 0.0732. The Kier molecular flexibility index (Phi) is 4.57. The molecule has 5 nitrogen and oxygen atoms in total. The molecule has 2 unspecified atom stereocenters. The molecule has 138 valence electrons. The lowest BCUT2D eigenvalue weighted by Crippen LogP contribution is -2.02. The van der Waals surface area contributed by atoms with Crippen molar-refractivity contribution in [1.29, 1.82) is 0 Å². The Hall–Kier alpha value is -2.87. The second-order valence-electron chi connectivity index (χ2n) is 6.30. The summed E-state index contributed by atoms with van der Waals surface area (Å²) in [6.07, 6.45) is 0.390. The lowest BCUT2D eigenvalue weighted by atomic mass is 10.1. The van der Waals surface area contributed by atoms with Crippen molar-refractivity contribution in [1.82, 2.24) is 9.59 Å². The fraction of sp³-hybridized carbons (Fsp3) is 0.211. The zero-order valence-corrected chi connectivity index (χ0v) is 14.7. The van der Waals surface area contributed by atoms with E-state index < -0.39 is 29.3 Å². The number of hydrogen-bond donors (Lipinski definition) is 1. The number of rotatable bonds is 6. The van der Waals surface area contributed by atoms with Crippen molar-refractivity contribution in [3.63, 3.8) is 0 Å². The van der Waals surface area contributed by atoms with Crippen molar-refractivity contribution in [3.05, 3.63) is 64.5 Å². The van der Waals surface area contributed by atoms with Gasteiger partial charge in [-0.05, 0) is 41.6 Å². The van der Waals surface area contributed by atoms with Gasteiger partial charge in [0.15, 0.2) is 17.4 Å². The maximum absolute atomic E-state index is 14.3. The zero-order chi connectivity index (χ0) is 19.0. The summed E-state index contributed by atoms with van der Waals surface area (Å²) in [7, 11) is 0. The molecule has 1 aliphatic carbocycles. The average molecular weight is 388 g/mol. The number of nitrogens with zero attached hydrogens (tertiary/aromatic N) is 2. The maximum Gasteiger partial charge on any atom is 0.307 e. The fourth-order valence-corrected chi connectivity index (χ4v) is 3.60. The summed E-state index contributed by atoms with van der Waals surface area (Å²) in [4.78, 5) is 11.6. The Balaban J connectivity index is 1.51. The third-order valence-electron chi connectivity index (χ3n) is 4.51. The van der Waals surface area contributed by atoms with Crippen LogP contribution >= 0.6 is 11.5 Å². The highest BCUT2D eigenvalue weighted by Crippen LogP contribution is 2.48. The lowest BCUT2D eigenvalue weighted by molar-refractivity contribution is -0.138. The Morgan fingerprint density at radius 3 is 2.56 bits per heavy atom. The van der Waals surface area contributed by atoms with Gasteiger partial charge < -0.3 is 9.84 Å². The van der Waals surface area contributed by atoms with Gasteiger partial charge in [0, 0.05) is 5.56 Å². The molecular weight excluding hydrogens is 374 g/mol. The van der Waals surface area contributed by atoms with Crippen LogP contribution in [0.2, 0.25) is 0 Å². The molecule has 1 N–H and O–H groups in total. The number of carboxylic acid groups (broad SMARTS) is 1. The van der Waals surface area contributed by atoms with Crippen LogP contribution in [-0.2, 0) is 11.4 Å². The molecule has 2 aromatic carbocycles. The number of benzene rings is 2. The standard InChI is InChI=1S/C19H14F2N2O3S/c20-14-6-11(12-8-13(12)19(24)25)7-15(21)18(14)26-9-16-17(22-23-27-16)10-4-2-1-3-5-10/h1-7,12-13H,8-9H2,(H,24,25). The molecule has 1 aromatic heterocycles. The molecule has 0 aliphatic heterocycles. The van der Waals surface area contributed by atoms with Crippen LogP contribution in [0.25, 0.3) is 11.3 Å². The van der Waals surface area contributed by atoms with Gasteiger partial charge in [-0.2, -0.15) is 0 Å². The predicted molar refractivity (Wildman–Crippen MR) is 94.5 cm³/mol. The fourth-order valence-electron chi connectivity index (χ4n) is 3.02. The first-order valence-electron chi connectivity index (χ1n) is 8.25. The van der Waals surface area contributed by atoms with Crippen molar-refractivity contribution in [2.75, 3.05) is 0 Å². The highest BCUT2D eigenvalue weighted by Gasteiger charge is 2.44. The van der Waals surface area contributed by atoms with E-state index in [1.54, 1.807) is 0 Å². The predicted octanol–water partition coefficient (Wildman–Crippen LogP) is 4.25. The van der Waals surface area contributed by atoms with E-state index in [0.29, 0.717) is 22.6 Å². The van der Waals surface area contributed by atoms with Gasteiger partial charge in [-0.25, -0.2) is 8.78 Å². The van der Waals surface area contributed by atoms with E-state index >= 15 is 0 Å². The summed E-state index contributed by atoms with van der Waals surface area (Å²) in [6.45, 7) is -0.0732. The second-order valence-corrected chi connectivity index (χ2v) is 7.14. The van der Waals surface area contributed by atoms with Crippen LogP contribution in [0.1, 0.15) is 22.8 Å². The topological polar surface area (TPSA) is 72.3 Å². The maximum atomic E-state index is 14.3. The van der Waals surface area contributed by atoms with E-state index in [4.69, 9.17) is 9.84 Å². The minimum atomic E-state index is -0.952. The number of hydrogen-bond acceptors (Lipinski definition) is 5. The molecule has 1 saturated carbocycles. The highest BCUT2D eigenvalue weighted by molar-refractivity contribution is 7.05. The van der Waals surface area contributed by atoms with Gasteiger partial charge in [0.25, 0.3) is 0 Å². The zero-order valence-electron chi connectivity index (χ0n) is 13.9. The number of halogens is 2. The van der Waals surface area contributed by atoms with Gasteiger partial charge >= 0.3 is 5.97 Å². The van der Waals surface area contributed by atoms with E-state index in [2.05, 4.69) is 9.59 Å². The summed E-state index contributed by atoms with van der Waals surface area (Å²) in [5.41, 5.74) is 1.80. The molecule has 1 heterocycles. The molecule has 0 amide bonds. The molecule has 3 aromatic rings. The Morgan fingerprint density at radius 2 is 1.93 bits per heavy atom. The van der Waals surface area contributed by atoms with E-state index in [1.165, 1.54) is 0 Å². The van der Waals surface area contributed by atoms with Crippen LogP contribution < -0.4 is 4.74 Å². The number of carbonyl (C=O) groups is 1. The molecule has 0 saturated heterocycles. The van der Waals surface area contributed by atoms with Crippen molar-refractivity contribution in [3.8, 4) is 17.0 Å². The molecule has 2 atom stereocenters. The second kappa shape index (κ2) is 7.03. The molecule has 1 fully saturated rings. The normalized spacial score (nSPS) is 18.3.